The first-order valence-electron chi connectivity index (χ1n) is 17.4. The van der Waals surface area contributed by atoms with Crippen LogP contribution in [0.4, 0.5) is 0 Å². The number of aromatic nitrogens is 2. The quantitative estimate of drug-likeness (QED) is 0.188. The van der Waals surface area contributed by atoms with Crippen LogP contribution in [0.2, 0.25) is 0 Å². The predicted octanol–water partition coefficient (Wildman–Crippen LogP) is 12.6. The number of pyridine rings is 1. The lowest BCUT2D eigenvalue weighted by Gasteiger charge is -2.21. The largest absolute Gasteiger partial charge is 0.309 e. The Labute approximate surface area is 291 Å². The van der Waals surface area contributed by atoms with Gasteiger partial charge in [-0.15, -0.1) is 0 Å². The monoisotopic (exact) mass is 638 g/mol. The molecule has 0 amide bonds. The van der Waals surface area contributed by atoms with Crippen LogP contribution >= 0.6 is 0 Å². The number of benzene rings is 7. The van der Waals surface area contributed by atoms with Crippen molar-refractivity contribution >= 4 is 32.7 Å². The highest BCUT2D eigenvalue weighted by Crippen LogP contribution is 2.52. The first-order chi connectivity index (χ1) is 24.6. The van der Waals surface area contributed by atoms with Crippen molar-refractivity contribution < 1.29 is 0 Å². The second kappa shape index (κ2) is 10.9. The van der Waals surface area contributed by atoms with Gasteiger partial charge in [0.15, 0.2) is 0 Å². The van der Waals surface area contributed by atoms with E-state index in [9.17, 15) is 0 Å². The summed E-state index contributed by atoms with van der Waals surface area (Å²) in [6, 6.07) is 59.9. The van der Waals surface area contributed by atoms with E-state index in [0.29, 0.717) is 0 Å². The molecule has 0 saturated heterocycles. The van der Waals surface area contributed by atoms with E-state index in [-0.39, 0.29) is 5.41 Å². The van der Waals surface area contributed by atoms with Gasteiger partial charge in [-0.2, -0.15) is 0 Å². The molecule has 2 nitrogen and oxygen atoms in total. The van der Waals surface area contributed by atoms with Crippen LogP contribution in [-0.2, 0) is 5.41 Å². The fourth-order valence-corrected chi connectivity index (χ4v) is 8.41. The van der Waals surface area contributed by atoms with Gasteiger partial charge in [-0.25, -0.2) is 0 Å². The normalized spacial score (nSPS) is 13.2. The maximum Gasteiger partial charge on any atom is 0.0708 e. The molecule has 0 N–H and O–H groups in total. The maximum absolute atomic E-state index is 4.56. The maximum atomic E-state index is 4.56. The number of hydrogen-bond acceptors (Lipinski definition) is 1. The Morgan fingerprint density at radius 3 is 2.02 bits per heavy atom. The molecule has 2 aromatic heterocycles. The van der Waals surface area contributed by atoms with Crippen molar-refractivity contribution in [2.75, 3.05) is 0 Å². The highest BCUT2D eigenvalue weighted by molar-refractivity contribution is 6.12. The summed E-state index contributed by atoms with van der Waals surface area (Å²) in [7, 11) is 0. The topological polar surface area (TPSA) is 17.8 Å². The minimum absolute atomic E-state index is 0.0317. The van der Waals surface area contributed by atoms with Crippen molar-refractivity contribution in [3.05, 3.63) is 181 Å². The van der Waals surface area contributed by atoms with Crippen LogP contribution in [0.1, 0.15) is 25.0 Å². The summed E-state index contributed by atoms with van der Waals surface area (Å²) >= 11 is 0. The van der Waals surface area contributed by atoms with Gasteiger partial charge in [0.25, 0.3) is 0 Å². The highest BCUT2D eigenvalue weighted by Gasteiger charge is 2.36. The Morgan fingerprint density at radius 1 is 0.440 bits per heavy atom. The molecule has 1 aliphatic carbocycles. The van der Waals surface area contributed by atoms with Gasteiger partial charge in [0, 0.05) is 33.5 Å². The summed E-state index contributed by atoms with van der Waals surface area (Å²) in [4.78, 5) is 4.56. The SMILES string of the molecule is CC1(C)c2ccccc2-c2c(-c3ccc4c(c3)c3ccc(-c5ccc(-c6ccnc7ccccc67)cc5)cc3n4-c3ccccc3)cccc21. The molecule has 2 heteroatoms. The van der Waals surface area contributed by atoms with Crippen LogP contribution in [0.15, 0.2) is 170 Å². The second-order valence-corrected chi connectivity index (χ2v) is 14.0. The minimum atomic E-state index is -0.0317. The average molecular weight is 639 g/mol. The lowest BCUT2D eigenvalue weighted by Crippen LogP contribution is -2.14. The van der Waals surface area contributed by atoms with Gasteiger partial charge in [0.1, 0.15) is 0 Å². The van der Waals surface area contributed by atoms with Crippen molar-refractivity contribution in [1.82, 2.24) is 9.55 Å². The third-order valence-electron chi connectivity index (χ3n) is 10.9. The molecule has 9 aromatic rings. The number of para-hydroxylation sites is 2. The van der Waals surface area contributed by atoms with Crippen molar-refractivity contribution in [1.29, 1.82) is 0 Å². The number of hydrogen-bond donors (Lipinski definition) is 0. The molecule has 0 saturated carbocycles. The number of fused-ring (bicyclic) bond motifs is 7. The molecule has 0 spiro atoms. The van der Waals surface area contributed by atoms with E-state index in [4.69, 9.17) is 0 Å². The molecule has 0 atom stereocenters. The summed E-state index contributed by atoms with van der Waals surface area (Å²) in [5.74, 6) is 0. The van der Waals surface area contributed by atoms with Gasteiger partial charge in [-0.1, -0.05) is 135 Å². The third kappa shape index (κ3) is 4.25. The zero-order valence-corrected chi connectivity index (χ0v) is 28.1. The van der Waals surface area contributed by atoms with E-state index in [2.05, 4.69) is 181 Å². The Kier molecular flexibility index (Phi) is 6.25. The Balaban J connectivity index is 1.13. The lowest BCUT2D eigenvalue weighted by atomic mass is 9.82. The standard InChI is InChI=1S/C48H34N2/c1-48(2)42-16-8-6-14-40(42)47-37(15-10-17-43(47)48)34-24-26-45-41(29-34)39-25-23-33(30-46(39)50(45)35-11-4-3-5-12-35)31-19-21-32(22-20-31)36-27-28-49-44-18-9-7-13-38(36)44/h3-30H,1-2H3. The van der Waals surface area contributed by atoms with Gasteiger partial charge in [0.05, 0.1) is 16.6 Å². The van der Waals surface area contributed by atoms with Gasteiger partial charge < -0.3 is 4.57 Å². The molecule has 7 aromatic carbocycles. The smallest absolute Gasteiger partial charge is 0.0708 e. The van der Waals surface area contributed by atoms with Crippen molar-refractivity contribution in [3.63, 3.8) is 0 Å². The first kappa shape index (κ1) is 28.7. The third-order valence-corrected chi connectivity index (χ3v) is 10.9. The van der Waals surface area contributed by atoms with E-state index in [0.717, 1.165) is 11.2 Å². The number of rotatable bonds is 4. The molecule has 50 heavy (non-hydrogen) atoms. The van der Waals surface area contributed by atoms with Gasteiger partial charge >= 0.3 is 0 Å². The van der Waals surface area contributed by atoms with Gasteiger partial charge in [-0.05, 0) is 98.1 Å². The fourth-order valence-electron chi connectivity index (χ4n) is 8.41. The number of nitrogens with zero attached hydrogens (tertiary/aromatic N) is 2. The average Bonchev–Trinajstić information content (AvgIpc) is 3.62. The molecule has 1 aliphatic rings. The van der Waals surface area contributed by atoms with Crippen molar-refractivity contribution in [2.24, 2.45) is 0 Å². The van der Waals surface area contributed by atoms with Crippen molar-refractivity contribution in [2.45, 2.75) is 19.3 Å². The molecule has 0 aliphatic heterocycles. The highest BCUT2D eigenvalue weighted by atomic mass is 15.0. The van der Waals surface area contributed by atoms with Crippen LogP contribution in [0.5, 0.6) is 0 Å². The van der Waals surface area contributed by atoms with Crippen LogP contribution in [0.25, 0.3) is 82.9 Å². The second-order valence-electron chi connectivity index (χ2n) is 14.0. The van der Waals surface area contributed by atoms with Gasteiger partial charge in [0.2, 0.25) is 0 Å². The molecule has 0 fully saturated rings. The molecule has 2 heterocycles. The van der Waals surface area contributed by atoms with Crippen LogP contribution in [0.3, 0.4) is 0 Å². The van der Waals surface area contributed by atoms with E-state index in [1.807, 2.05) is 12.3 Å². The summed E-state index contributed by atoms with van der Waals surface area (Å²) in [6.45, 7) is 4.70. The molecule has 0 unspecified atom stereocenters. The van der Waals surface area contributed by atoms with E-state index >= 15 is 0 Å². The Bertz CT molecular complexity index is 2760. The van der Waals surface area contributed by atoms with E-state index < -0.39 is 0 Å². The summed E-state index contributed by atoms with van der Waals surface area (Å²) in [6.07, 6.45) is 1.90. The minimum Gasteiger partial charge on any atom is -0.309 e. The molecule has 0 radical (unpaired) electrons. The molecular weight excluding hydrogens is 605 g/mol. The van der Waals surface area contributed by atoms with Crippen LogP contribution < -0.4 is 0 Å². The molecule has 0 bridgehead atoms. The first-order valence-corrected chi connectivity index (χ1v) is 17.4. The summed E-state index contributed by atoms with van der Waals surface area (Å²) < 4.78 is 2.42. The van der Waals surface area contributed by atoms with E-state index in [1.165, 1.54) is 82.8 Å². The van der Waals surface area contributed by atoms with Gasteiger partial charge in [-0.3, -0.25) is 4.98 Å². The lowest BCUT2D eigenvalue weighted by molar-refractivity contribution is 0.660. The molecule has 10 rings (SSSR count). The Hall–Kier alpha value is -6.25. The summed E-state index contributed by atoms with van der Waals surface area (Å²) in [5.41, 5.74) is 17.4. The molecular formula is C48H34N2. The molecule has 236 valence electrons. The van der Waals surface area contributed by atoms with Crippen LogP contribution in [-0.4, -0.2) is 9.55 Å². The van der Waals surface area contributed by atoms with Crippen LogP contribution in [0, 0.1) is 0 Å². The zero-order chi connectivity index (χ0) is 33.4. The zero-order valence-electron chi connectivity index (χ0n) is 28.1. The van der Waals surface area contributed by atoms with Crippen molar-refractivity contribution in [3.8, 4) is 50.2 Å². The predicted molar refractivity (Wildman–Crippen MR) is 210 cm³/mol. The summed E-state index contributed by atoms with van der Waals surface area (Å²) in [5, 5.41) is 3.68. The Morgan fingerprint density at radius 2 is 1.14 bits per heavy atom. The fraction of sp³-hybridized carbons (Fsp3) is 0.0625. The van der Waals surface area contributed by atoms with E-state index in [1.54, 1.807) is 0 Å².